The Hall–Kier alpha value is -2.30. The van der Waals surface area contributed by atoms with Crippen molar-refractivity contribution in [3.05, 3.63) is 36.0 Å². The van der Waals surface area contributed by atoms with Gasteiger partial charge in [-0.2, -0.15) is 0 Å². The van der Waals surface area contributed by atoms with Gasteiger partial charge < -0.3 is 14.5 Å². The molecule has 1 aliphatic rings. The molecule has 2 aromatic rings. The summed E-state index contributed by atoms with van der Waals surface area (Å²) in [5, 5.41) is 13.7. The zero-order valence-corrected chi connectivity index (χ0v) is 12.0. The third-order valence-corrected chi connectivity index (χ3v) is 3.96. The van der Waals surface area contributed by atoms with Crippen LogP contribution >= 0.6 is 0 Å². The lowest BCUT2D eigenvalue weighted by molar-refractivity contribution is 0.0625. The maximum Gasteiger partial charge on any atom is 0.276 e. The largest absolute Gasteiger partial charge is 0.507 e. The van der Waals surface area contributed by atoms with Crippen LogP contribution in [0.5, 0.6) is 5.75 Å². The van der Waals surface area contributed by atoms with E-state index in [9.17, 15) is 9.90 Å². The number of carbonyl (C=O) groups excluding carboxylic acids is 1. The third kappa shape index (κ3) is 2.63. The van der Waals surface area contributed by atoms with E-state index in [0.29, 0.717) is 17.0 Å². The minimum Gasteiger partial charge on any atom is -0.507 e. The van der Waals surface area contributed by atoms with Gasteiger partial charge in [0, 0.05) is 18.7 Å². The lowest BCUT2D eigenvalue weighted by Gasteiger charge is -2.32. The molecule has 0 radical (unpaired) electrons. The first-order valence-electron chi connectivity index (χ1n) is 7.23. The van der Waals surface area contributed by atoms with Gasteiger partial charge in [0.2, 0.25) is 0 Å². The van der Waals surface area contributed by atoms with Crippen LogP contribution < -0.4 is 0 Å². The lowest BCUT2D eigenvalue weighted by Crippen LogP contribution is -2.42. The van der Waals surface area contributed by atoms with E-state index >= 15 is 0 Å². The predicted octanol–water partition coefficient (Wildman–Crippen LogP) is 3.06. The summed E-state index contributed by atoms with van der Waals surface area (Å²) in [4.78, 5) is 14.3. The van der Waals surface area contributed by atoms with Gasteiger partial charge in [0.15, 0.2) is 11.5 Å². The Morgan fingerprint density at radius 3 is 2.95 bits per heavy atom. The SMILES string of the molecule is C[C@@H]1CCCCN1C(=O)c1cc(-c2ccccc2O)on1. The Labute approximate surface area is 123 Å². The van der Waals surface area contributed by atoms with Crippen LogP contribution in [0.25, 0.3) is 11.3 Å². The van der Waals surface area contributed by atoms with E-state index < -0.39 is 0 Å². The Kier molecular flexibility index (Phi) is 3.64. The van der Waals surface area contributed by atoms with Gasteiger partial charge >= 0.3 is 0 Å². The zero-order chi connectivity index (χ0) is 14.8. The summed E-state index contributed by atoms with van der Waals surface area (Å²) in [6, 6.07) is 8.66. The number of hydrogen-bond donors (Lipinski definition) is 1. The second-order valence-electron chi connectivity index (χ2n) is 5.44. The number of phenolic OH excluding ortho intramolecular Hbond substituents is 1. The number of aromatic nitrogens is 1. The Morgan fingerprint density at radius 1 is 1.38 bits per heavy atom. The molecule has 1 atom stereocenters. The highest BCUT2D eigenvalue weighted by molar-refractivity contribution is 5.93. The molecular weight excluding hydrogens is 268 g/mol. The average molecular weight is 286 g/mol. The van der Waals surface area contributed by atoms with Gasteiger partial charge in [0.1, 0.15) is 5.75 Å². The molecule has 1 amide bonds. The van der Waals surface area contributed by atoms with E-state index in [0.717, 1.165) is 25.8 Å². The third-order valence-electron chi connectivity index (χ3n) is 3.96. The summed E-state index contributed by atoms with van der Waals surface area (Å²) >= 11 is 0. The quantitative estimate of drug-likeness (QED) is 0.921. The van der Waals surface area contributed by atoms with Crippen LogP contribution in [0.2, 0.25) is 0 Å². The van der Waals surface area contributed by atoms with Gasteiger partial charge in [-0.3, -0.25) is 4.79 Å². The van der Waals surface area contributed by atoms with Crippen molar-refractivity contribution >= 4 is 5.91 Å². The minimum atomic E-state index is -0.104. The van der Waals surface area contributed by atoms with Crippen molar-refractivity contribution in [1.29, 1.82) is 0 Å². The molecule has 3 rings (SSSR count). The minimum absolute atomic E-state index is 0.104. The van der Waals surface area contributed by atoms with Gasteiger partial charge in [0.25, 0.3) is 5.91 Å². The first-order chi connectivity index (χ1) is 10.2. The van der Waals surface area contributed by atoms with E-state index in [1.54, 1.807) is 30.3 Å². The normalized spacial score (nSPS) is 18.7. The van der Waals surface area contributed by atoms with Crippen LogP contribution in [0.15, 0.2) is 34.9 Å². The molecule has 2 heterocycles. The average Bonchev–Trinajstić information content (AvgIpc) is 2.97. The molecule has 0 unspecified atom stereocenters. The maximum absolute atomic E-state index is 12.5. The highest BCUT2D eigenvalue weighted by Gasteiger charge is 2.26. The van der Waals surface area contributed by atoms with Gasteiger partial charge in [-0.05, 0) is 38.3 Å². The highest BCUT2D eigenvalue weighted by atomic mass is 16.5. The smallest absolute Gasteiger partial charge is 0.276 e. The first kappa shape index (κ1) is 13.7. The predicted molar refractivity (Wildman–Crippen MR) is 78.0 cm³/mol. The monoisotopic (exact) mass is 286 g/mol. The molecule has 5 heteroatoms. The number of para-hydroxylation sites is 1. The first-order valence-corrected chi connectivity index (χ1v) is 7.23. The Balaban J connectivity index is 1.85. The van der Waals surface area contributed by atoms with Gasteiger partial charge in [-0.1, -0.05) is 17.3 Å². The molecule has 1 aliphatic heterocycles. The van der Waals surface area contributed by atoms with Gasteiger partial charge in [-0.25, -0.2) is 0 Å². The molecule has 0 aliphatic carbocycles. The second-order valence-corrected chi connectivity index (χ2v) is 5.44. The van der Waals surface area contributed by atoms with Crippen molar-refractivity contribution in [2.24, 2.45) is 0 Å². The van der Waals surface area contributed by atoms with Crippen molar-refractivity contribution in [1.82, 2.24) is 10.1 Å². The number of rotatable bonds is 2. The van der Waals surface area contributed by atoms with Crippen molar-refractivity contribution in [2.45, 2.75) is 32.2 Å². The molecule has 1 aromatic heterocycles. The molecule has 1 aromatic carbocycles. The number of nitrogens with zero attached hydrogens (tertiary/aromatic N) is 2. The standard InChI is InChI=1S/C16H18N2O3/c1-11-6-4-5-9-18(11)16(20)13-10-15(21-17-13)12-7-2-3-8-14(12)19/h2-3,7-8,10-11,19H,4-6,9H2,1H3/t11-/m1/s1. The van der Waals surface area contributed by atoms with Crippen LogP contribution in [0, 0.1) is 0 Å². The van der Waals surface area contributed by atoms with E-state index in [1.165, 1.54) is 0 Å². The fourth-order valence-corrected chi connectivity index (χ4v) is 2.73. The van der Waals surface area contributed by atoms with E-state index in [4.69, 9.17) is 4.52 Å². The summed E-state index contributed by atoms with van der Waals surface area (Å²) in [6.07, 6.45) is 3.21. The molecule has 110 valence electrons. The van der Waals surface area contributed by atoms with E-state index in [2.05, 4.69) is 12.1 Å². The molecule has 0 saturated carbocycles. The van der Waals surface area contributed by atoms with Crippen molar-refractivity contribution in [3.63, 3.8) is 0 Å². The number of carbonyl (C=O) groups is 1. The molecule has 5 nitrogen and oxygen atoms in total. The van der Waals surface area contributed by atoms with Crippen LogP contribution in [0.3, 0.4) is 0 Å². The fraction of sp³-hybridized carbons (Fsp3) is 0.375. The van der Waals surface area contributed by atoms with Crippen molar-refractivity contribution in [2.75, 3.05) is 6.54 Å². The molecule has 1 saturated heterocycles. The van der Waals surface area contributed by atoms with Crippen LogP contribution in [0.1, 0.15) is 36.7 Å². The molecular formula is C16H18N2O3. The fourth-order valence-electron chi connectivity index (χ4n) is 2.73. The molecule has 0 spiro atoms. The summed E-state index contributed by atoms with van der Waals surface area (Å²) in [5.74, 6) is 0.410. The number of phenols is 1. The topological polar surface area (TPSA) is 66.6 Å². The number of benzene rings is 1. The maximum atomic E-state index is 12.5. The van der Waals surface area contributed by atoms with Crippen molar-refractivity contribution in [3.8, 4) is 17.1 Å². The van der Waals surface area contributed by atoms with Gasteiger partial charge in [0.05, 0.1) is 5.56 Å². The van der Waals surface area contributed by atoms with E-state index in [1.807, 2.05) is 4.90 Å². The lowest BCUT2D eigenvalue weighted by atomic mass is 10.0. The van der Waals surface area contributed by atoms with Gasteiger partial charge in [-0.15, -0.1) is 0 Å². The van der Waals surface area contributed by atoms with Crippen molar-refractivity contribution < 1.29 is 14.4 Å². The van der Waals surface area contributed by atoms with Crippen LogP contribution in [0.4, 0.5) is 0 Å². The summed E-state index contributed by atoms with van der Waals surface area (Å²) < 4.78 is 5.22. The summed E-state index contributed by atoms with van der Waals surface area (Å²) in [6.45, 7) is 2.82. The number of aromatic hydroxyl groups is 1. The number of piperidine rings is 1. The number of likely N-dealkylation sites (tertiary alicyclic amines) is 1. The molecule has 1 N–H and O–H groups in total. The zero-order valence-electron chi connectivity index (χ0n) is 12.0. The number of hydrogen-bond acceptors (Lipinski definition) is 4. The molecule has 0 bridgehead atoms. The molecule has 21 heavy (non-hydrogen) atoms. The summed E-state index contributed by atoms with van der Waals surface area (Å²) in [7, 11) is 0. The Bertz CT molecular complexity index is 650. The van der Waals surface area contributed by atoms with Crippen LogP contribution in [-0.4, -0.2) is 33.7 Å². The highest BCUT2D eigenvalue weighted by Crippen LogP contribution is 2.29. The van der Waals surface area contributed by atoms with E-state index in [-0.39, 0.29) is 17.7 Å². The van der Waals surface area contributed by atoms with Crippen LogP contribution in [-0.2, 0) is 0 Å². The summed E-state index contributed by atoms with van der Waals surface area (Å²) in [5.41, 5.74) is 0.831. The second kappa shape index (κ2) is 5.60. The molecule has 1 fully saturated rings. The number of amides is 1. The Morgan fingerprint density at radius 2 is 2.19 bits per heavy atom.